The maximum atomic E-state index is 11.6. The van der Waals surface area contributed by atoms with Gasteiger partial charge in [-0.1, -0.05) is 11.8 Å². The van der Waals surface area contributed by atoms with Crippen LogP contribution in [0.25, 0.3) is 11.3 Å². The summed E-state index contributed by atoms with van der Waals surface area (Å²) >= 11 is 2.17. The summed E-state index contributed by atoms with van der Waals surface area (Å²) in [7, 11) is 0. The standard InChI is InChI=1S/C13H11N3O4S2/c1-8(17)21-7-12(18)15-13-14-11(6-22-13)9-2-4-10(5-3-9)16(19)20/h2-6H,7H2,1H3,(H,14,15,18). The molecule has 0 aliphatic carbocycles. The van der Waals surface area contributed by atoms with E-state index in [2.05, 4.69) is 10.3 Å². The van der Waals surface area contributed by atoms with Crippen molar-refractivity contribution in [3.63, 3.8) is 0 Å². The number of nitrogens with one attached hydrogen (secondary N) is 1. The molecule has 7 nitrogen and oxygen atoms in total. The number of carbonyl (C=O) groups is 2. The highest BCUT2D eigenvalue weighted by Gasteiger charge is 2.10. The van der Waals surface area contributed by atoms with Crippen molar-refractivity contribution in [3.05, 3.63) is 39.8 Å². The first-order valence-corrected chi connectivity index (χ1v) is 7.96. The van der Waals surface area contributed by atoms with Gasteiger partial charge in [-0.15, -0.1) is 11.3 Å². The number of hydrogen-bond donors (Lipinski definition) is 1. The fourth-order valence-corrected chi connectivity index (χ4v) is 2.68. The number of benzene rings is 1. The van der Waals surface area contributed by atoms with Crippen LogP contribution in [0.4, 0.5) is 10.8 Å². The molecule has 2 aromatic rings. The van der Waals surface area contributed by atoms with Crippen molar-refractivity contribution in [1.82, 2.24) is 4.98 Å². The van der Waals surface area contributed by atoms with Gasteiger partial charge in [0.1, 0.15) is 0 Å². The normalized spacial score (nSPS) is 10.2. The average Bonchev–Trinajstić information content (AvgIpc) is 2.93. The molecule has 1 amide bonds. The van der Waals surface area contributed by atoms with E-state index in [0.29, 0.717) is 10.8 Å². The Hall–Kier alpha value is -2.26. The molecule has 9 heteroatoms. The molecule has 0 atom stereocenters. The zero-order valence-corrected chi connectivity index (χ0v) is 13.1. The summed E-state index contributed by atoms with van der Waals surface area (Å²) in [6, 6.07) is 6.00. The molecule has 1 aromatic carbocycles. The van der Waals surface area contributed by atoms with Gasteiger partial charge in [0.15, 0.2) is 10.2 Å². The molecular weight excluding hydrogens is 326 g/mol. The van der Waals surface area contributed by atoms with Gasteiger partial charge in [0, 0.05) is 30.0 Å². The highest BCUT2D eigenvalue weighted by molar-refractivity contribution is 8.14. The molecule has 0 spiro atoms. The Bertz CT molecular complexity index is 712. The summed E-state index contributed by atoms with van der Waals surface area (Å²) in [5.74, 6) is -0.258. The number of thiazole rings is 1. The van der Waals surface area contributed by atoms with E-state index in [0.717, 1.165) is 17.3 Å². The van der Waals surface area contributed by atoms with Crippen molar-refractivity contribution < 1.29 is 14.5 Å². The second-order valence-electron chi connectivity index (χ2n) is 4.17. The Morgan fingerprint density at radius 2 is 2.05 bits per heavy atom. The van der Waals surface area contributed by atoms with Gasteiger partial charge in [0.2, 0.25) is 5.91 Å². The number of hydrogen-bond acceptors (Lipinski definition) is 7. The third-order valence-electron chi connectivity index (χ3n) is 2.53. The SMILES string of the molecule is CC(=O)SCC(=O)Nc1nc(-c2ccc([N+](=O)[O-])cc2)cs1. The molecule has 1 heterocycles. The number of rotatable bonds is 5. The van der Waals surface area contributed by atoms with Gasteiger partial charge >= 0.3 is 0 Å². The Morgan fingerprint density at radius 1 is 1.36 bits per heavy atom. The van der Waals surface area contributed by atoms with Gasteiger partial charge < -0.3 is 5.32 Å². The van der Waals surface area contributed by atoms with Crippen LogP contribution in [0.5, 0.6) is 0 Å². The second kappa shape index (κ2) is 7.14. The lowest BCUT2D eigenvalue weighted by Crippen LogP contribution is -2.14. The molecule has 0 saturated heterocycles. The van der Waals surface area contributed by atoms with Crippen LogP contribution in [0.3, 0.4) is 0 Å². The number of non-ortho nitro benzene ring substituents is 1. The molecule has 114 valence electrons. The van der Waals surface area contributed by atoms with E-state index in [4.69, 9.17) is 0 Å². The maximum Gasteiger partial charge on any atom is 0.269 e. The predicted octanol–water partition coefficient (Wildman–Crippen LogP) is 2.94. The Labute approximate surface area is 133 Å². The molecule has 0 aliphatic rings. The Morgan fingerprint density at radius 3 is 2.64 bits per heavy atom. The Kier molecular flexibility index (Phi) is 5.23. The van der Waals surface area contributed by atoms with E-state index in [9.17, 15) is 19.7 Å². The van der Waals surface area contributed by atoms with E-state index in [1.807, 2.05) is 0 Å². The van der Waals surface area contributed by atoms with Crippen LogP contribution in [0.1, 0.15) is 6.92 Å². The number of nitro groups is 1. The van der Waals surface area contributed by atoms with Crippen molar-refractivity contribution >= 4 is 44.9 Å². The van der Waals surface area contributed by atoms with E-state index in [1.165, 1.54) is 30.4 Å². The van der Waals surface area contributed by atoms with E-state index in [-0.39, 0.29) is 22.5 Å². The lowest BCUT2D eigenvalue weighted by molar-refractivity contribution is -0.384. The predicted molar refractivity (Wildman–Crippen MR) is 86.0 cm³/mol. The molecule has 1 aromatic heterocycles. The third-order valence-corrected chi connectivity index (χ3v) is 4.10. The molecule has 0 aliphatic heterocycles. The summed E-state index contributed by atoms with van der Waals surface area (Å²) in [6.45, 7) is 1.40. The minimum Gasteiger partial charge on any atom is -0.301 e. The highest BCUT2D eigenvalue weighted by atomic mass is 32.2. The lowest BCUT2D eigenvalue weighted by atomic mass is 10.1. The average molecular weight is 337 g/mol. The number of anilines is 1. The van der Waals surface area contributed by atoms with Crippen LogP contribution < -0.4 is 5.32 Å². The summed E-state index contributed by atoms with van der Waals surface area (Å²) < 4.78 is 0. The van der Waals surface area contributed by atoms with E-state index in [1.54, 1.807) is 17.5 Å². The van der Waals surface area contributed by atoms with Crippen molar-refractivity contribution in [2.75, 3.05) is 11.1 Å². The number of thioether (sulfide) groups is 1. The van der Waals surface area contributed by atoms with E-state index >= 15 is 0 Å². The van der Waals surface area contributed by atoms with Crippen LogP contribution in [-0.4, -0.2) is 26.7 Å². The van der Waals surface area contributed by atoms with Gasteiger partial charge in [0.05, 0.1) is 16.4 Å². The second-order valence-corrected chi connectivity index (χ2v) is 6.18. The van der Waals surface area contributed by atoms with Crippen LogP contribution in [0.2, 0.25) is 0 Å². The van der Waals surface area contributed by atoms with E-state index < -0.39 is 4.92 Å². The molecule has 0 radical (unpaired) electrons. The van der Waals surface area contributed by atoms with Gasteiger partial charge in [-0.05, 0) is 12.1 Å². The summed E-state index contributed by atoms with van der Waals surface area (Å²) in [5, 5.41) is 15.2. The first-order valence-electron chi connectivity index (χ1n) is 6.09. The summed E-state index contributed by atoms with van der Waals surface area (Å²) in [5.41, 5.74) is 1.35. The first-order chi connectivity index (χ1) is 10.5. The van der Waals surface area contributed by atoms with Crippen LogP contribution in [0, 0.1) is 10.1 Å². The van der Waals surface area contributed by atoms with Gasteiger partial charge in [0.25, 0.3) is 5.69 Å². The number of amides is 1. The monoisotopic (exact) mass is 337 g/mol. The van der Waals surface area contributed by atoms with Crippen LogP contribution >= 0.6 is 23.1 Å². The van der Waals surface area contributed by atoms with Gasteiger partial charge in [-0.3, -0.25) is 19.7 Å². The number of carbonyl (C=O) groups excluding carboxylic acids is 2. The fourth-order valence-electron chi connectivity index (χ4n) is 1.54. The molecule has 2 rings (SSSR count). The largest absolute Gasteiger partial charge is 0.301 e. The molecule has 0 bridgehead atoms. The molecule has 0 saturated carbocycles. The quantitative estimate of drug-likeness (QED) is 0.665. The Balaban J connectivity index is 2.03. The maximum absolute atomic E-state index is 11.6. The van der Waals surface area contributed by atoms with Crippen molar-refractivity contribution in [3.8, 4) is 11.3 Å². The highest BCUT2D eigenvalue weighted by Crippen LogP contribution is 2.26. The molecule has 22 heavy (non-hydrogen) atoms. The van der Waals surface area contributed by atoms with Gasteiger partial charge in [-0.25, -0.2) is 4.98 Å². The number of nitro benzene ring substituents is 1. The number of aromatic nitrogens is 1. The molecular formula is C13H11N3O4S2. The van der Waals surface area contributed by atoms with Crippen LogP contribution in [0.15, 0.2) is 29.6 Å². The van der Waals surface area contributed by atoms with Crippen molar-refractivity contribution in [1.29, 1.82) is 0 Å². The first kappa shape index (κ1) is 16.1. The smallest absolute Gasteiger partial charge is 0.269 e. The molecule has 0 fully saturated rings. The molecule has 1 N–H and O–H groups in total. The minimum absolute atomic E-state index is 0.00811. The van der Waals surface area contributed by atoms with Crippen LogP contribution in [-0.2, 0) is 9.59 Å². The minimum atomic E-state index is -0.469. The zero-order valence-electron chi connectivity index (χ0n) is 11.4. The van der Waals surface area contributed by atoms with Crippen molar-refractivity contribution in [2.24, 2.45) is 0 Å². The lowest BCUT2D eigenvalue weighted by Gasteiger charge is -1.99. The van der Waals surface area contributed by atoms with Crippen molar-refractivity contribution in [2.45, 2.75) is 6.92 Å². The summed E-state index contributed by atoms with van der Waals surface area (Å²) in [4.78, 5) is 36.8. The molecule has 0 unspecified atom stereocenters. The third kappa shape index (κ3) is 4.37. The summed E-state index contributed by atoms with van der Waals surface area (Å²) in [6.07, 6.45) is 0. The topological polar surface area (TPSA) is 102 Å². The zero-order chi connectivity index (χ0) is 16.1. The van der Waals surface area contributed by atoms with Gasteiger partial charge in [-0.2, -0.15) is 0 Å². The number of nitrogens with zero attached hydrogens (tertiary/aromatic N) is 2. The fraction of sp³-hybridized carbons (Fsp3) is 0.154.